The molecule has 0 aromatic heterocycles. The molecule has 4 rings (SSSR count). The third-order valence-corrected chi connectivity index (χ3v) is 5.38. The SMILES string of the molecule is O=C(NCc1ccc(N2CCC(O)CC2)c(F)c1)c1cc2ccccc2cc1O. The number of hydrogen-bond acceptors (Lipinski definition) is 4. The number of halogens is 1. The zero-order valence-electron chi connectivity index (χ0n) is 15.9. The van der Waals surface area contributed by atoms with Gasteiger partial charge in [-0.15, -0.1) is 0 Å². The highest BCUT2D eigenvalue weighted by atomic mass is 19.1. The van der Waals surface area contributed by atoms with Crippen molar-refractivity contribution in [1.82, 2.24) is 5.32 Å². The number of aliphatic hydroxyl groups excluding tert-OH is 1. The third kappa shape index (κ3) is 4.17. The number of piperidine rings is 1. The highest BCUT2D eigenvalue weighted by Gasteiger charge is 2.20. The molecular weight excluding hydrogens is 371 g/mol. The van der Waals surface area contributed by atoms with Gasteiger partial charge in [-0.2, -0.15) is 0 Å². The van der Waals surface area contributed by atoms with Crippen LogP contribution in [0, 0.1) is 5.82 Å². The van der Waals surface area contributed by atoms with E-state index in [9.17, 15) is 19.4 Å². The lowest BCUT2D eigenvalue weighted by Gasteiger charge is -2.31. The second kappa shape index (κ2) is 8.09. The highest BCUT2D eigenvalue weighted by molar-refractivity contribution is 6.01. The summed E-state index contributed by atoms with van der Waals surface area (Å²) in [7, 11) is 0. The standard InChI is InChI=1S/C23H23FN2O3/c24-20-11-15(5-6-21(20)26-9-7-18(27)8-10-26)14-25-23(29)19-12-16-3-1-2-4-17(16)13-22(19)28/h1-6,11-13,18,27-28H,7-10,14H2,(H,25,29). The Morgan fingerprint density at radius 3 is 2.45 bits per heavy atom. The van der Waals surface area contributed by atoms with E-state index < -0.39 is 5.91 Å². The van der Waals surface area contributed by atoms with Crippen LogP contribution in [-0.2, 0) is 6.54 Å². The van der Waals surface area contributed by atoms with Crippen molar-refractivity contribution in [1.29, 1.82) is 0 Å². The van der Waals surface area contributed by atoms with Crippen LogP contribution in [0.5, 0.6) is 5.75 Å². The number of carbonyl (C=O) groups is 1. The summed E-state index contributed by atoms with van der Waals surface area (Å²) < 4.78 is 14.6. The van der Waals surface area contributed by atoms with E-state index in [1.165, 1.54) is 6.07 Å². The first-order valence-corrected chi connectivity index (χ1v) is 9.72. The second-order valence-corrected chi connectivity index (χ2v) is 7.40. The largest absolute Gasteiger partial charge is 0.507 e. The van der Waals surface area contributed by atoms with Crippen molar-refractivity contribution < 1.29 is 19.4 Å². The number of nitrogens with zero attached hydrogens (tertiary/aromatic N) is 1. The molecule has 0 aliphatic carbocycles. The molecule has 0 saturated carbocycles. The molecule has 0 spiro atoms. The molecule has 1 fully saturated rings. The molecule has 3 N–H and O–H groups in total. The fourth-order valence-electron chi connectivity index (χ4n) is 3.71. The van der Waals surface area contributed by atoms with Gasteiger partial charge in [0.25, 0.3) is 5.91 Å². The maximum atomic E-state index is 14.6. The van der Waals surface area contributed by atoms with E-state index in [1.54, 1.807) is 24.3 Å². The molecule has 5 nitrogen and oxygen atoms in total. The van der Waals surface area contributed by atoms with E-state index in [0.717, 1.165) is 10.8 Å². The van der Waals surface area contributed by atoms with Gasteiger partial charge in [0, 0.05) is 19.6 Å². The molecule has 0 radical (unpaired) electrons. The van der Waals surface area contributed by atoms with Crippen molar-refractivity contribution in [2.45, 2.75) is 25.5 Å². The van der Waals surface area contributed by atoms with Crippen LogP contribution in [0.2, 0.25) is 0 Å². The molecule has 3 aromatic carbocycles. The van der Waals surface area contributed by atoms with Crippen molar-refractivity contribution in [2.75, 3.05) is 18.0 Å². The lowest BCUT2D eigenvalue weighted by Crippen LogP contribution is -2.36. The number of benzene rings is 3. The molecule has 0 bridgehead atoms. The predicted octanol–water partition coefficient (Wildman–Crippen LogP) is 3.58. The van der Waals surface area contributed by atoms with Crippen LogP contribution in [0.4, 0.5) is 10.1 Å². The number of phenols is 1. The molecule has 0 atom stereocenters. The number of amides is 1. The number of anilines is 1. The van der Waals surface area contributed by atoms with Crippen molar-refractivity contribution in [3.05, 3.63) is 71.5 Å². The molecule has 1 aliphatic heterocycles. The number of hydrogen-bond donors (Lipinski definition) is 3. The minimum atomic E-state index is -0.414. The van der Waals surface area contributed by atoms with Gasteiger partial charge < -0.3 is 20.4 Å². The van der Waals surface area contributed by atoms with Crippen molar-refractivity contribution >= 4 is 22.4 Å². The number of fused-ring (bicyclic) bond motifs is 1. The summed E-state index contributed by atoms with van der Waals surface area (Å²) in [6.45, 7) is 1.39. The molecular formula is C23H23FN2O3. The van der Waals surface area contributed by atoms with Crippen molar-refractivity contribution in [3.63, 3.8) is 0 Å². The van der Waals surface area contributed by atoms with Crippen molar-refractivity contribution in [2.24, 2.45) is 0 Å². The van der Waals surface area contributed by atoms with Crippen molar-refractivity contribution in [3.8, 4) is 5.75 Å². The molecule has 1 heterocycles. The minimum Gasteiger partial charge on any atom is -0.507 e. The first-order valence-electron chi connectivity index (χ1n) is 9.72. The molecule has 0 unspecified atom stereocenters. The zero-order valence-corrected chi connectivity index (χ0v) is 15.9. The Balaban J connectivity index is 1.44. The Bertz CT molecular complexity index is 1050. The molecule has 1 amide bonds. The summed E-state index contributed by atoms with van der Waals surface area (Å²) in [5.41, 5.74) is 1.34. The zero-order chi connectivity index (χ0) is 20.4. The Labute approximate surface area is 168 Å². The van der Waals surface area contributed by atoms with Gasteiger partial charge in [0.15, 0.2) is 0 Å². The van der Waals surface area contributed by atoms with E-state index in [2.05, 4.69) is 5.32 Å². The first kappa shape index (κ1) is 19.2. The van der Waals surface area contributed by atoms with Gasteiger partial charge in [0.1, 0.15) is 11.6 Å². The lowest BCUT2D eigenvalue weighted by molar-refractivity contribution is 0.0948. The summed E-state index contributed by atoms with van der Waals surface area (Å²) in [5, 5.41) is 24.2. The third-order valence-electron chi connectivity index (χ3n) is 5.38. The Hall–Kier alpha value is -3.12. The molecule has 1 saturated heterocycles. The Morgan fingerprint density at radius 1 is 1.07 bits per heavy atom. The number of phenolic OH excluding ortho intramolecular Hbond substituents is 1. The van der Waals surface area contributed by atoms with Crippen LogP contribution in [0.1, 0.15) is 28.8 Å². The number of nitrogens with one attached hydrogen (secondary N) is 1. The van der Waals surface area contributed by atoms with Crippen LogP contribution in [0.25, 0.3) is 10.8 Å². The quantitative estimate of drug-likeness (QED) is 0.633. The van der Waals surface area contributed by atoms with Crippen LogP contribution < -0.4 is 10.2 Å². The second-order valence-electron chi connectivity index (χ2n) is 7.40. The van der Waals surface area contributed by atoms with Gasteiger partial charge in [-0.25, -0.2) is 4.39 Å². The minimum absolute atomic E-state index is 0.0879. The summed E-state index contributed by atoms with van der Waals surface area (Å²) in [4.78, 5) is 14.4. The topological polar surface area (TPSA) is 72.8 Å². The Kier molecular flexibility index (Phi) is 5.36. The summed E-state index contributed by atoms with van der Waals surface area (Å²) in [6, 6.07) is 15.6. The summed E-state index contributed by atoms with van der Waals surface area (Å²) in [5.74, 6) is -0.848. The highest BCUT2D eigenvalue weighted by Crippen LogP contribution is 2.26. The fraction of sp³-hybridized carbons (Fsp3) is 0.261. The number of carbonyl (C=O) groups excluding carboxylic acids is 1. The molecule has 6 heteroatoms. The number of rotatable bonds is 4. The van der Waals surface area contributed by atoms with Crippen LogP contribution in [0.3, 0.4) is 0 Å². The summed E-state index contributed by atoms with van der Waals surface area (Å²) in [6.07, 6.45) is 0.953. The van der Waals surface area contributed by atoms with Crippen LogP contribution >= 0.6 is 0 Å². The van der Waals surface area contributed by atoms with Crippen LogP contribution in [-0.4, -0.2) is 35.3 Å². The van der Waals surface area contributed by atoms with Gasteiger partial charge >= 0.3 is 0 Å². The number of aliphatic hydroxyl groups is 1. The van der Waals surface area contributed by atoms with Gasteiger partial charge in [-0.3, -0.25) is 4.79 Å². The average Bonchev–Trinajstić information content (AvgIpc) is 2.72. The van der Waals surface area contributed by atoms with E-state index >= 15 is 0 Å². The van der Waals surface area contributed by atoms with Gasteiger partial charge in [-0.1, -0.05) is 30.3 Å². The monoisotopic (exact) mass is 394 g/mol. The average molecular weight is 394 g/mol. The molecule has 1 aliphatic rings. The van der Waals surface area contributed by atoms with Gasteiger partial charge in [0.2, 0.25) is 0 Å². The first-order chi connectivity index (χ1) is 14.0. The van der Waals surface area contributed by atoms with Gasteiger partial charge in [-0.05, 0) is 53.4 Å². The molecule has 3 aromatic rings. The fourth-order valence-corrected chi connectivity index (χ4v) is 3.71. The molecule has 150 valence electrons. The molecule has 29 heavy (non-hydrogen) atoms. The smallest absolute Gasteiger partial charge is 0.255 e. The lowest BCUT2D eigenvalue weighted by atomic mass is 10.0. The van der Waals surface area contributed by atoms with E-state index in [4.69, 9.17) is 0 Å². The van der Waals surface area contributed by atoms with E-state index in [1.807, 2.05) is 29.2 Å². The van der Waals surface area contributed by atoms with Crippen LogP contribution in [0.15, 0.2) is 54.6 Å². The maximum absolute atomic E-state index is 14.6. The maximum Gasteiger partial charge on any atom is 0.255 e. The van der Waals surface area contributed by atoms with Gasteiger partial charge in [0.05, 0.1) is 17.4 Å². The summed E-state index contributed by atoms with van der Waals surface area (Å²) >= 11 is 0. The normalized spacial score (nSPS) is 14.9. The van der Waals surface area contributed by atoms with E-state index in [-0.39, 0.29) is 29.8 Å². The predicted molar refractivity (Wildman–Crippen MR) is 111 cm³/mol. The van der Waals surface area contributed by atoms with E-state index in [0.29, 0.717) is 37.2 Å². The Morgan fingerprint density at radius 2 is 1.76 bits per heavy atom. The number of aromatic hydroxyl groups is 1.